The first kappa shape index (κ1) is 18.7. The van der Waals surface area contributed by atoms with Gasteiger partial charge in [-0.2, -0.15) is 4.31 Å². The Bertz CT molecular complexity index is 1030. The fourth-order valence-electron chi connectivity index (χ4n) is 2.69. The minimum absolute atomic E-state index is 0.0612. The lowest BCUT2D eigenvalue weighted by Crippen LogP contribution is -2.28. The molecule has 0 aliphatic carbocycles. The molecular weight excluding hydrogens is 386 g/mol. The number of rotatable bonds is 5. The summed E-state index contributed by atoms with van der Waals surface area (Å²) in [5.41, 5.74) is -0.0612. The van der Waals surface area contributed by atoms with Crippen molar-refractivity contribution in [3.8, 4) is 0 Å². The fourth-order valence-corrected chi connectivity index (χ4v) is 5.39. The summed E-state index contributed by atoms with van der Waals surface area (Å²) in [7, 11) is -8.15. The van der Waals surface area contributed by atoms with Crippen LogP contribution in [-0.2, 0) is 20.0 Å². The van der Waals surface area contributed by atoms with Gasteiger partial charge in [-0.1, -0.05) is 6.07 Å². The summed E-state index contributed by atoms with van der Waals surface area (Å²) in [4.78, 5) is -0.926. The Kier molecular flexibility index (Phi) is 5.00. The maximum atomic E-state index is 13.8. The van der Waals surface area contributed by atoms with Crippen molar-refractivity contribution in [1.82, 2.24) is 4.31 Å². The van der Waals surface area contributed by atoms with Gasteiger partial charge in [0.2, 0.25) is 10.0 Å². The van der Waals surface area contributed by atoms with E-state index in [-0.39, 0.29) is 10.6 Å². The smallest absolute Gasteiger partial charge is 0.264 e. The van der Waals surface area contributed by atoms with Crippen LogP contribution in [0.1, 0.15) is 12.8 Å². The standard InChI is InChI=1S/C16H16F2N2O4S2/c17-12-6-7-15(18)16(10-12)25(21,22)19-13-4-3-5-14(11-13)26(23,24)20-8-1-2-9-20/h3-7,10-11,19H,1-2,8-9H2. The Morgan fingerprint density at radius 3 is 2.31 bits per heavy atom. The van der Waals surface area contributed by atoms with E-state index in [1.54, 1.807) is 0 Å². The molecule has 1 aliphatic heterocycles. The molecule has 0 unspecified atom stereocenters. The summed E-state index contributed by atoms with van der Waals surface area (Å²) >= 11 is 0. The van der Waals surface area contributed by atoms with Gasteiger partial charge in [0.15, 0.2) is 0 Å². The third kappa shape index (κ3) is 3.71. The minimum Gasteiger partial charge on any atom is -0.279 e. The minimum atomic E-state index is -4.42. The van der Waals surface area contributed by atoms with Gasteiger partial charge in [0, 0.05) is 13.1 Å². The predicted molar refractivity (Wildman–Crippen MR) is 91.6 cm³/mol. The van der Waals surface area contributed by atoms with Crippen LogP contribution in [0.4, 0.5) is 14.5 Å². The van der Waals surface area contributed by atoms with E-state index in [1.165, 1.54) is 22.5 Å². The molecule has 2 aromatic carbocycles. The van der Waals surface area contributed by atoms with Crippen molar-refractivity contribution in [2.24, 2.45) is 0 Å². The van der Waals surface area contributed by atoms with Crippen molar-refractivity contribution in [1.29, 1.82) is 0 Å². The molecule has 6 nitrogen and oxygen atoms in total. The van der Waals surface area contributed by atoms with Crippen LogP contribution in [-0.4, -0.2) is 34.2 Å². The first-order valence-corrected chi connectivity index (χ1v) is 10.7. The zero-order valence-corrected chi connectivity index (χ0v) is 15.2. The van der Waals surface area contributed by atoms with Crippen molar-refractivity contribution in [2.45, 2.75) is 22.6 Å². The van der Waals surface area contributed by atoms with Gasteiger partial charge in [0.25, 0.3) is 10.0 Å². The molecule has 1 saturated heterocycles. The van der Waals surface area contributed by atoms with E-state index >= 15 is 0 Å². The molecule has 2 aromatic rings. The van der Waals surface area contributed by atoms with E-state index in [0.717, 1.165) is 25.0 Å². The Morgan fingerprint density at radius 2 is 1.62 bits per heavy atom. The lowest BCUT2D eigenvalue weighted by atomic mass is 10.3. The summed E-state index contributed by atoms with van der Waals surface area (Å²) in [6, 6.07) is 7.29. The van der Waals surface area contributed by atoms with E-state index < -0.39 is 36.6 Å². The largest absolute Gasteiger partial charge is 0.279 e. The lowest BCUT2D eigenvalue weighted by molar-refractivity contribution is 0.477. The van der Waals surface area contributed by atoms with E-state index in [0.29, 0.717) is 25.2 Å². The maximum Gasteiger partial charge on any atom is 0.264 e. The second-order valence-corrected chi connectivity index (χ2v) is 9.41. The topological polar surface area (TPSA) is 83.5 Å². The van der Waals surface area contributed by atoms with Crippen LogP contribution in [0.3, 0.4) is 0 Å². The number of benzene rings is 2. The van der Waals surface area contributed by atoms with Crippen molar-refractivity contribution in [2.75, 3.05) is 17.8 Å². The fraction of sp³-hybridized carbons (Fsp3) is 0.250. The molecule has 0 amide bonds. The summed E-state index contributed by atoms with van der Waals surface area (Å²) in [6.45, 7) is 0.819. The third-order valence-corrected chi connectivity index (χ3v) is 7.26. The van der Waals surface area contributed by atoms with Crippen LogP contribution in [0.25, 0.3) is 0 Å². The zero-order valence-electron chi connectivity index (χ0n) is 13.5. The van der Waals surface area contributed by atoms with Crippen LogP contribution in [0, 0.1) is 11.6 Å². The molecule has 3 rings (SSSR count). The monoisotopic (exact) mass is 402 g/mol. The van der Waals surface area contributed by atoms with Crippen LogP contribution >= 0.6 is 0 Å². The molecule has 140 valence electrons. The first-order chi connectivity index (χ1) is 12.2. The van der Waals surface area contributed by atoms with Crippen molar-refractivity contribution in [3.63, 3.8) is 0 Å². The van der Waals surface area contributed by atoms with Crippen LogP contribution < -0.4 is 4.72 Å². The SMILES string of the molecule is O=S(=O)(Nc1cccc(S(=O)(=O)N2CCCC2)c1)c1cc(F)ccc1F. The quantitative estimate of drug-likeness (QED) is 0.833. The number of hydrogen-bond donors (Lipinski definition) is 1. The molecule has 10 heteroatoms. The van der Waals surface area contributed by atoms with Gasteiger partial charge in [0.1, 0.15) is 16.5 Å². The highest BCUT2D eigenvalue weighted by atomic mass is 32.2. The highest BCUT2D eigenvalue weighted by Gasteiger charge is 2.28. The average Bonchev–Trinajstić information content (AvgIpc) is 3.12. The second kappa shape index (κ2) is 6.93. The van der Waals surface area contributed by atoms with Gasteiger partial charge in [0.05, 0.1) is 10.6 Å². The van der Waals surface area contributed by atoms with Gasteiger partial charge in [-0.15, -0.1) is 0 Å². The summed E-state index contributed by atoms with van der Waals surface area (Å²) in [5.74, 6) is -2.02. The number of sulfonamides is 2. The number of anilines is 1. The van der Waals surface area contributed by atoms with Crippen molar-refractivity contribution < 1.29 is 25.6 Å². The highest BCUT2D eigenvalue weighted by molar-refractivity contribution is 7.92. The summed E-state index contributed by atoms with van der Waals surface area (Å²) in [6.07, 6.45) is 1.54. The van der Waals surface area contributed by atoms with Gasteiger partial charge in [-0.05, 0) is 49.2 Å². The Morgan fingerprint density at radius 1 is 0.923 bits per heavy atom. The molecule has 1 fully saturated rings. The Balaban J connectivity index is 1.92. The van der Waals surface area contributed by atoms with E-state index in [9.17, 15) is 25.6 Å². The zero-order chi connectivity index (χ0) is 18.9. The normalized spacial score (nSPS) is 15.9. The van der Waals surface area contributed by atoms with E-state index in [4.69, 9.17) is 0 Å². The Labute approximate surface area is 150 Å². The van der Waals surface area contributed by atoms with Crippen LogP contribution in [0.2, 0.25) is 0 Å². The van der Waals surface area contributed by atoms with Crippen LogP contribution in [0.5, 0.6) is 0 Å². The third-order valence-electron chi connectivity index (χ3n) is 3.97. The molecule has 1 heterocycles. The maximum absolute atomic E-state index is 13.8. The van der Waals surface area contributed by atoms with E-state index in [1.807, 2.05) is 0 Å². The number of nitrogens with one attached hydrogen (secondary N) is 1. The molecule has 1 N–H and O–H groups in total. The Hall–Kier alpha value is -2.04. The molecule has 26 heavy (non-hydrogen) atoms. The number of halogens is 2. The summed E-state index contributed by atoms with van der Waals surface area (Å²) < 4.78 is 80.2. The van der Waals surface area contributed by atoms with Gasteiger partial charge in [-0.3, -0.25) is 4.72 Å². The van der Waals surface area contributed by atoms with Gasteiger partial charge < -0.3 is 0 Å². The lowest BCUT2D eigenvalue weighted by Gasteiger charge is -2.16. The van der Waals surface area contributed by atoms with E-state index in [2.05, 4.69) is 4.72 Å². The predicted octanol–water partition coefficient (Wildman–Crippen LogP) is 2.55. The van der Waals surface area contributed by atoms with Gasteiger partial charge >= 0.3 is 0 Å². The molecule has 0 saturated carbocycles. The van der Waals surface area contributed by atoms with Crippen molar-refractivity contribution >= 4 is 25.7 Å². The molecule has 1 aliphatic rings. The number of hydrogen-bond acceptors (Lipinski definition) is 4. The van der Waals surface area contributed by atoms with Crippen LogP contribution in [0.15, 0.2) is 52.3 Å². The molecule has 0 bridgehead atoms. The van der Waals surface area contributed by atoms with Crippen molar-refractivity contribution in [3.05, 3.63) is 54.1 Å². The highest BCUT2D eigenvalue weighted by Crippen LogP contribution is 2.25. The molecule has 0 spiro atoms. The number of nitrogens with zero attached hydrogens (tertiary/aromatic N) is 1. The molecular formula is C16H16F2N2O4S2. The molecule has 0 atom stereocenters. The second-order valence-electron chi connectivity index (χ2n) is 5.82. The molecule has 0 radical (unpaired) electrons. The summed E-state index contributed by atoms with van der Waals surface area (Å²) in [5, 5.41) is 0. The van der Waals surface area contributed by atoms with Gasteiger partial charge in [-0.25, -0.2) is 25.6 Å². The average molecular weight is 402 g/mol. The first-order valence-electron chi connectivity index (χ1n) is 7.78. The molecule has 0 aromatic heterocycles.